The summed E-state index contributed by atoms with van der Waals surface area (Å²) in [5, 5.41) is 15.3. The Labute approximate surface area is 230 Å². The number of cyclic esters (lactones) is 1. The Kier molecular flexibility index (Phi) is 5.78. The average molecular weight is 566 g/mol. The molecule has 1 aliphatic carbocycles. The maximum absolute atomic E-state index is 15.1. The maximum Gasteiger partial charge on any atom is 0.416 e. The van der Waals surface area contributed by atoms with Gasteiger partial charge in [0.05, 0.1) is 11.9 Å². The molecule has 1 saturated carbocycles. The molecule has 3 fully saturated rings. The van der Waals surface area contributed by atoms with E-state index in [4.69, 9.17) is 9.47 Å². The molecule has 0 radical (unpaired) electrons. The van der Waals surface area contributed by atoms with Gasteiger partial charge in [0.1, 0.15) is 23.1 Å². The first-order valence-electron chi connectivity index (χ1n) is 13.1. The highest BCUT2D eigenvalue weighted by molar-refractivity contribution is 5.95. The smallest absolute Gasteiger partial charge is 0.416 e. The molecule has 3 aromatic rings. The van der Waals surface area contributed by atoms with Crippen LogP contribution in [0.1, 0.15) is 29.2 Å². The quantitative estimate of drug-likeness (QED) is 0.375. The maximum atomic E-state index is 15.1. The van der Waals surface area contributed by atoms with Gasteiger partial charge in [-0.3, -0.25) is 14.5 Å². The molecule has 1 atom stereocenters. The Balaban J connectivity index is 0.997. The zero-order valence-corrected chi connectivity index (χ0v) is 21.5. The number of amides is 2. The van der Waals surface area contributed by atoms with E-state index >= 15 is 4.39 Å². The fraction of sp³-hybridized carbons (Fsp3) is 0.385. The Morgan fingerprint density at radius 1 is 1.17 bits per heavy atom. The molecule has 7 rings (SSSR count). The predicted octanol–water partition coefficient (Wildman–Crippen LogP) is 1.10. The van der Waals surface area contributed by atoms with E-state index < -0.39 is 35.0 Å². The van der Waals surface area contributed by atoms with Crippen LogP contribution in [0.5, 0.6) is 5.75 Å². The van der Waals surface area contributed by atoms with E-state index in [1.165, 1.54) is 11.1 Å². The van der Waals surface area contributed by atoms with Crippen LogP contribution in [0, 0.1) is 5.82 Å². The molecule has 2 saturated heterocycles. The lowest BCUT2D eigenvalue weighted by Crippen LogP contribution is -2.59. The van der Waals surface area contributed by atoms with Gasteiger partial charge in [0, 0.05) is 37.9 Å². The SMILES string of the molecule is O=C1COc2ccc(N3C[C@@H](CNC4CN(c5nc6c(cc5F)c(=O)c(C(=O)O)cn6C5CC5)C4)OC3=O)nc2N1. The standard InChI is InChI=1S/C26H24FN7O7/c27-17-5-15-21(36)16(25(37)38)10-33(13-1-2-13)23(15)31-24(17)32-7-12(8-32)28-6-14-9-34(26(39)41-14)19-4-3-18-22(29-19)30-20(35)11-40-18/h3-5,10,12-14,28H,1-2,6-9,11H2,(H,37,38)(H,29,30,35)/t14-/m1/s1. The van der Waals surface area contributed by atoms with E-state index in [-0.39, 0.29) is 53.8 Å². The molecule has 15 heteroatoms. The van der Waals surface area contributed by atoms with Crippen molar-refractivity contribution in [2.24, 2.45) is 0 Å². The Morgan fingerprint density at radius 2 is 1.98 bits per heavy atom. The zero-order chi connectivity index (χ0) is 28.4. The number of halogens is 1. The van der Waals surface area contributed by atoms with Gasteiger partial charge < -0.3 is 34.7 Å². The molecule has 41 heavy (non-hydrogen) atoms. The predicted molar refractivity (Wildman–Crippen MR) is 141 cm³/mol. The zero-order valence-electron chi connectivity index (χ0n) is 21.5. The number of pyridine rings is 3. The summed E-state index contributed by atoms with van der Waals surface area (Å²) < 4.78 is 27.5. The van der Waals surface area contributed by atoms with Crippen molar-refractivity contribution in [1.82, 2.24) is 19.9 Å². The number of hydrogen-bond acceptors (Lipinski definition) is 10. The molecular weight excluding hydrogens is 541 g/mol. The highest BCUT2D eigenvalue weighted by Gasteiger charge is 2.37. The number of carbonyl (C=O) groups is 3. The van der Waals surface area contributed by atoms with Crippen LogP contribution in [0.2, 0.25) is 0 Å². The molecule has 0 bridgehead atoms. The van der Waals surface area contributed by atoms with E-state index in [0.29, 0.717) is 31.2 Å². The third-order valence-electron chi connectivity index (χ3n) is 7.54. The second-order valence-electron chi connectivity index (χ2n) is 10.5. The topological polar surface area (TPSA) is 168 Å². The van der Waals surface area contributed by atoms with Crippen molar-refractivity contribution in [2.45, 2.75) is 31.0 Å². The van der Waals surface area contributed by atoms with Gasteiger partial charge in [-0.2, -0.15) is 0 Å². The molecule has 3 aromatic heterocycles. The van der Waals surface area contributed by atoms with Gasteiger partial charge in [0.25, 0.3) is 5.91 Å². The summed E-state index contributed by atoms with van der Waals surface area (Å²) in [5.41, 5.74) is -0.884. The number of hydrogen-bond donors (Lipinski definition) is 3. The van der Waals surface area contributed by atoms with E-state index in [2.05, 4.69) is 20.6 Å². The van der Waals surface area contributed by atoms with E-state index in [9.17, 15) is 24.3 Å². The summed E-state index contributed by atoms with van der Waals surface area (Å²) in [6.45, 7) is 1.39. The number of fused-ring (bicyclic) bond motifs is 2. The number of anilines is 3. The number of rotatable bonds is 7. The lowest BCUT2D eigenvalue weighted by molar-refractivity contribution is -0.118. The van der Waals surface area contributed by atoms with Gasteiger partial charge in [-0.15, -0.1) is 0 Å². The van der Waals surface area contributed by atoms with Crippen molar-refractivity contribution in [3.63, 3.8) is 0 Å². The fourth-order valence-electron chi connectivity index (χ4n) is 5.24. The summed E-state index contributed by atoms with van der Waals surface area (Å²) in [6, 6.07) is 4.34. The Bertz CT molecular complexity index is 1680. The van der Waals surface area contributed by atoms with Crippen LogP contribution in [0.4, 0.5) is 26.6 Å². The number of ether oxygens (including phenoxy) is 2. The Hall–Kier alpha value is -4.79. The van der Waals surface area contributed by atoms with E-state index in [1.54, 1.807) is 21.6 Å². The van der Waals surface area contributed by atoms with Gasteiger partial charge in [-0.1, -0.05) is 0 Å². The van der Waals surface area contributed by atoms with Crippen molar-refractivity contribution in [2.75, 3.05) is 47.9 Å². The van der Waals surface area contributed by atoms with Crippen LogP contribution < -0.4 is 30.6 Å². The highest BCUT2D eigenvalue weighted by Crippen LogP contribution is 2.37. The van der Waals surface area contributed by atoms with Crippen LogP contribution in [-0.4, -0.2) is 82.5 Å². The van der Waals surface area contributed by atoms with Crippen LogP contribution in [-0.2, 0) is 9.53 Å². The molecule has 4 aliphatic rings. The van der Waals surface area contributed by atoms with Crippen molar-refractivity contribution < 1.29 is 33.4 Å². The largest absolute Gasteiger partial charge is 0.480 e. The first-order valence-corrected chi connectivity index (χ1v) is 13.1. The first-order chi connectivity index (χ1) is 19.7. The Morgan fingerprint density at radius 3 is 2.73 bits per heavy atom. The third kappa shape index (κ3) is 4.47. The number of aromatic carboxylic acids is 1. The summed E-state index contributed by atoms with van der Waals surface area (Å²) in [4.78, 5) is 60.2. The van der Waals surface area contributed by atoms with Gasteiger partial charge in [-0.05, 0) is 31.0 Å². The van der Waals surface area contributed by atoms with Crippen LogP contribution >= 0.6 is 0 Å². The summed E-state index contributed by atoms with van der Waals surface area (Å²) in [6.07, 6.45) is 1.95. The minimum Gasteiger partial charge on any atom is -0.480 e. The molecular formula is C26H24FN7O7. The number of carbonyl (C=O) groups excluding carboxylic acids is 2. The van der Waals surface area contributed by atoms with Gasteiger partial charge in [0.15, 0.2) is 29.8 Å². The minimum atomic E-state index is -1.36. The molecule has 212 valence electrons. The lowest BCUT2D eigenvalue weighted by atomic mass is 10.1. The third-order valence-corrected chi connectivity index (χ3v) is 7.54. The van der Waals surface area contributed by atoms with Gasteiger partial charge in [0.2, 0.25) is 5.43 Å². The highest BCUT2D eigenvalue weighted by atomic mass is 19.1. The summed E-state index contributed by atoms with van der Waals surface area (Å²) in [5.74, 6) is -1.29. The summed E-state index contributed by atoms with van der Waals surface area (Å²) in [7, 11) is 0. The van der Waals surface area contributed by atoms with Gasteiger partial charge in [-0.25, -0.2) is 23.9 Å². The molecule has 2 amide bonds. The number of aromatic nitrogens is 3. The molecule has 0 unspecified atom stereocenters. The second kappa shape index (κ2) is 9.40. The van der Waals surface area contributed by atoms with E-state index in [1.807, 2.05) is 0 Å². The van der Waals surface area contributed by atoms with Crippen molar-refractivity contribution >= 4 is 46.5 Å². The summed E-state index contributed by atoms with van der Waals surface area (Å²) >= 11 is 0. The monoisotopic (exact) mass is 565 g/mol. The fourth-order valence-corrected chi connectivity index (χ4v) is 5.24. The molecule has 0 spiro atoms. The van der Waals surface area contributed by atoms with E-state index in [0.717, 1.165) is 18.9 Å². The minimum absolute atomic E-state index is 0.0195. The molecule has 0 aromatic carbocycles. The molecule has 3 aliphatic heterocycles. The number of nitrogens with one attached hydrogen (secondary N) is 2. The number of carboxylic acid groups (broad SMARTS) is 1. The second-order valence-corrected chi connectivity index (χ2v) is 10.5. The van der Waals surface area contributed by atoms with Crippen LogP contribution in [0.3, 0.4) is 0 Å². The average Bonchev–Trinajstić information content (AvgIpc) is 3.69. The first kappa shape index (κ1) is 25.2. The van der Waals surface area contributed by atoms with Crippen molar-refractivity contribution in [1.29, 1.82) is 0 Å². The van der Waals surface area contributed by atoms with Gasteiger partial charge >= 0.3 is 12.1 Å². The molecule has 6 heterocycles. The van der Waals surface area contributed by atoms with Crippen LogP contribution in [0.15, 0.2) is 29.2 Å². The van der Waals surface area contributed by atoms with Crippen molar-refractivity contribution in [3.8, 4) is 5.75 Å². The lowest BCUT2D eigenvalue weighted by Gasteiger charge is -2.41. The van der Waals surface area contributed by atoms with Crippen molar-refractivity contribution in [3.05, 3.63) is 46.0 Å². The number of carboxylic acids is 1. The van der Waals surface area contributed by atoms with Crippen LogP contribution in [0.25, 0.3) is 11.0 Å². The number of nitrogens with zero attached hydrogens (tertiary/aromatic N) is 5. The molecule has 14 nitrogen and oxygen atoms in total. The molecule has 3 N–H and O–H groups in total. The normalized spacial score (nSPS) is 20.4.